The summed E-state index contributed by atoms with van der Waals surface area (Å²) in [7, 11) is 3.74. The number of nitrogens with one attached hydrogen (secondary N) is 1. The fraction of sp³-hybridized carbons (Fsp3) is 0.294. The van der Waals surface area contributed by atoms with Crippen LogP contribution >= 0.6 is 22.9 Å². The molecule has 1 aliphatic heterocycles. The SMILES string of the molecule is CN(C)CC(=O)N1CCc2sc(C(=O)Nc3ccc(Cl)cc3)cc21. The molecule has 0 spiro atoms. The van der Waals surface area contributed by atoms with Crippen molar-refractivity contribution in [1.82, 2.24) is 4.90 Å². The number of carbonyl (C=O) groups excluding carboxylic acids is 2. The third-order valence-corrected chi connectivity index (χ3v) is 5.15. The first kappa shape index (κ1) is 17.0. The Bertz CT molecular complexity index is 771. The molecule has 0 atom stereocenters. The number of halogens is 1. The molecule has 0 saturated carbocycles. The van der Waals surface area contributed by atoms with Gasteiger partial charge < -0.3 is 15.1 Å². The minimum atomic E-state index is -0.170. The lowest BCUT2D eigenvalue weighted by Gasteiger charge is -2.18. The van der Waals surface area contributed by atoms with Crippen molar-refractivity contribution >= 4 is 46.1 Å². The van der Waals surface area contributed by atoms with Crippen LogP contribution in [0.4, 0.5) is 11.4 Å². The van der Waals surface area contributed by atoms with Crippen molar-refractivity contribution in [2.45, 2.75) is 6.42 Å². The van der Waals surface area contributed by atoms with Crippen molar-refractivity contribution < 1.29 is 9.59 Å². The highest BCUT2D eigenvalue weighted by Gasteiger charge is 2.28. The number of benzene rings is 1. The smallest absolute Gasteiger partial charge is 0.265 e. The van der Waals surface area contributed by atoms with E-state index in [-0.39, 0.29) is 11.8 Å². The van der Waals surface area contributed by atoms with Gasteiger partial charge in [-0.3, -0.25) is 9.59 Å². The van der Waals surface area contributed by atoms with E-state index in [1.165, 1.54) is 11.3 Å². The Hall–Kier alpha value is -1.89. The van der Waals surface area contributed by atoms with Gasteiger partial charge in [-0.2, -0.15) is 0 Å². The number of carbonyl (C=O) groups is 2. The molecule has 2 amide bonds. The predicted molar refractivity (Wildman–Crippen MR) is 98.3 cm³/mol. The summed E-state index contributed by atoms with van der Waals surface area (Å²) in [5.41, 5.74) is 1.56. The highest BCUT2D eigenvalue weighted by molar-refractivity contribution is 7.14. The van der Waals surface area contributed by atoms with Gasteiger partial charge in [0.15, 0.2) is 0 Å². The maximum atomic E-state index is 12.4. The van der Waals surface area contributed by atoms with Crippen molar-refractivity contribution in [1.29, 1.82) is 0 Å². The lowest BCUT2D eigenvalue weighted by molar-refractivity contribution is -0.119. The van der Waals surface area contributed by atoms with Crippen LogP contribution in [0.15, 0.2) is 30.3 Å². The van der Waals surface area contributed by atoms with Crippen molar-refractivity contribution in [2.24, 2.45) is 0 Å². The Morgan fingerprint density at radius 1 is 1.29 bits per heavy atom. The number of anilines is 2. The first-order valence-electron chi connectivity index (χ1n) is 7.59. The number of hydrogen-bond donors (Lipinski definition) is 1. The number of amides is 2. The van der Waals surface area contributed by atoms with Crippen molar-refractivity contribution in [2.75, 3.05) is 37.4 Å². The quantitative estimate of drug-likeness (QED) is 0.908. The van der Waals surface area contributed by atoms with E-state index in [1.54, 1.807) is 29.2 Å². The van der Waals surface area contributed by atoms with Crippen LogP contribution in [0.1, 0.15) is 14.5 Å². The Labute approximate surface area is 149 Å². The van der Waals surface area contributed by atoms with Gasteiger partial charge >= 0.3 is 0 Å². The van der Waals surface area contributed by atoms with Crippen LogP contribution < -0.4 is 10.2 Å². The minimum absolute atomic E-state index is 0.0567. The molecule has 3 rings (SSSR count). The van der Waals surface area contributed by atoms with Crippen LogP contribution in [-0.2, 0) is 11.2 Å². The van der Waals surface area contributed by atoms with Crippen LogP contribution in [0, 0.1) is 0 Å². The maximum Gasteiger partial charge on any atom is 0.265 e. The number of thiophene rings is 1. The molecule has 0 saturated heterocycles. The highest BCUT2D eigenvalue weighted by atomic mass is 35.5. The zero-order chi connectivity index (χ0) is 17.3. The number of rotatable bonds is 4. The summed E-state index contributed by atoms with van der Waals surface area (Å²) in [5.74, 6) is -0.113. The average molecular weight is 364 g/mol. The summed E-state index contributed by atoms with van der Waals surface area (Å²) in [6.45, 7) is 1.05. The second-order valence-corrected chi connectivity index (χ2v) is 7.49. The monoisotopic (exact) mass is 363 g/mol. The van der Waals surface area contributed by atoms with Gasteiger partial charge in [0, 0.05) is 28.6 Å². The predicted octanol–water partition coefficient (Wildman–Crippen LogP) is 3.10. The van der Waals surface area contributed by atoms with Crippen LogP contribution in [0.3, 0.4) is 0 Å². The molecule has 5 nitrogen and oxygen atoms in total. The molecule has 2 aromatic rings. The fourth-order valence-corrected chi connectivity index (χ4v) is 3.79. The normalized spacial score (nSPS) is 13.2. The van der Waals surface area contributed by atoms with E-state index in [1.807, 2.05) is 25.1 Å². The van der Waals surface area contributed by atoms with Crippen LogP contribution in [0.5, 0.6) is 0 Å². The molecular weight excluding hydrogens is 346 g/mol. The van der Waals surface area contributed by atoms with Gasteiger partial charge in [-0.1, -0.05) is 11.6 Å². The molecular formula is C17H18ClN3O2S. The molecule has 126 valence electrons. The lowest BCUT2D eigenvalue weighted by Crippen LogP contribution is -2.36. The van der Waals surface area contributed by atoms with Gasteiger partial charge in [0.1, 0.15) is 0 Å². The van der Waals surface area contributed by atoms with E-state index in [9.17, 15) is 9.59 Å². The molecule has 0 fully saturated rings. The first-order chi connectivity index (χ1) is 11.4. The molecule has 2 heterocycles. The molecule has 1 aromatic carbocycles. The minimum Gasteiger partial charge on any atom is -0.321 e. The number of likely N-dealkylation sites (N-methyl/N-ethyl adjacent to an activating group) is 1. The van der Waals surface area contributed by atoms with Crippen molar-refractivity contribution in [3.63, 3.8) is 0 Å². The fourth-order valence-electron chi connectivity index (χ4n) is 2.61. The molecule has 1 N–H and O–H groups in total. The van der Waals surface area contributed by atoms with Gasteiger partial charge in [0.2, 0.25) is 5.91 Å². The maximum absolute atomic E-state index is 12.4. The Balaban J connectivity index is 1.74. The summed E-state index contributed by atoms with van der Waals surface area (Å²) in [6.07, 6.45) is 0.799. The summed E-state index contributed by atoms with van der Waals surface area (Å²) in [6, 6.07) is 8.79. The zero-order valence-electron chi connectivity index (χ0n) is 13.5. The molecule has 0 bridgehead atoms. The van der Waals surface area contributed by atoms with E-state index in [4.69, 9.17) is 11.6 Å². The van der Waals surface area contributed by atoms with Gasteiger partial charge in [-0.05, 0) is 44.4 Å². The summed E-state index contributed by atoms with van der Waals surface area (Å²) in [4.78, 5) is 30.0. The summed E-state index contributed by atoms with van der Waals surface area (Å²) in [5, 5.41) is 3.47. The lowest BCUT2D eigenvalue weighted by atomic mass is 10.3. The van der Waals surface area contributed by atoms with E-state index < -0.39 is 0 Å². The number of nitrogens with zero attached hydrogens (tertiary/aromatic N) is 2. The molecule has 1 aromatic heterocycles. The molecule has 24 heavy (non-hydrogen) atoms. The zero-order valence-corrected chi connectivity index (χ0v) is 15.1. The van der Waals surface area contributed by atoms with Crippen LogP contribution in [0.25, 0.3) is 0 Å². The summed E-state index contributed by atoms with van der Waals surface area (Å²) < 4.78 is 0. The third-order valence-electron chi connectivity index (χ3n) is 3.72. The van der Waals surface area contributed by atoms with E-state index in [0.717, 1.165) is 17.0 Å². The van der Waals surface area contributed by atoms with Gasteiger partial charge in [-0.25, -0.2) is 0 Å². The molecule has 1 aliphatic rings. The van der Waals surface area contributed by atoms with Crippen LogP contribution in [0.2, 0.25) is 5.02 Å². The van der Waals surface area contributed by atoms with Gasteiger partial charge in [-0.15, -0.1) is 11.3 Å². The highest BCUT2D eigenvalue weighted by Crippen LogP contribution is 2.36. The van der Waals surface area contributed by atoms with E-state index >= 15 is 0 Å². The topological polar surface area (TPSA) is 52.7 Å². The number of hydrogen-bond acceptors (Lipinski definition) is 4. The molecule has 0 radical (unpaired) electrons. The Morgan fingerprint density at radius 3 is 2.67 bits per heavy atom. The van der Waals surface area contributed by atoms with Gasteiger partial charge in [0.25, 0.3) is 5.91 Å². The van der Waals surface area contributed by atoms with Crippen LogP contribution in [-0.4, -0.2) is 43.9 Å². The second kappa shape index (κ2) is 6.93. The Kier molecular flexibility index (Phi) is 4.89. The van der Waals surface area contributed by atoms with E-state index in [0.29, 0.717) is 28.7 Å². The van der Waals surface area contributed by atoms with Crippen molar-refractivity contribution in [3.05, 3.63) is 45.1 Å². The van der Waals surface area contributed by atoms with Gasteiger partial charge in [0.05, 0.1) is 17.1 Å². The molecule has 0 unspecified atom stereocenters. The first-order valence-corrected chi connectivity index (χ1v) is 8.78. The average Bonchev–Trinajstić information content (AvgIpc) is 3.08. The van der Waals surface area contributed by atoms with E-state index in [2.05, 4.69) is 5.32 Å². The largest absolute Gasteiger partial charge is 0.321 e. The Morgan fingerprint density at radius 2 is 2.00 bits per heavy atom. The summed E-state index contributed by atoms with van der Waals surface area (Å²) >= 11 is 7.29. The van der Waals surface area contributed by atoms with Crippen molar-refractivity contribution in [3.8, 4) is 0 Å². The molecule has 0 aliphatic carbocycles. The second-order valence-electron chi connectivity index (χ2n) is 5.91. The standard InChI is InChI=1S/C17H18ClN3O2S/c1-20(2)10-16(22)21-8-7-14-13(21)9-15(24-14)17(23)19-12-5-3-11(18)4-6-12/h3-6,9H,7-8,10H2,1-2H3,(H,19,23). The number of fused-ring (bicyclic) bond motifs is 1. The molecule has 7 heteroatoms. The third kappa shape index (κ3) is 3.61.